The highest BCUT2D eigenvalue weighted by Crippen LogP contribution is 2.53. The van der Waals surface area contributed by atoms with Crippen LogP contribution in [0.25, 0.3) is 0 Å². The summed E-state index contributed by atoms with van der Waals surface area (Å²) in [5.74, 6) is 0.296. The average molecular weight is 573 g/mol. The minimum absolute atomic E-state index is 0.248. The lowest BCUT2D eigenvalue weighted by Crippen LogP contribution is -2.24. The molecule has 0 radical (unpaired) electrons. The molecule has 230 valence electrons. The van der Waals surface area contributed by atoms with Crippen molar-refractivity contribution in [2.75, 3.05) is 0 Å². The van der Waals surface area contributed by atoms with Crippen molar-refractivity contribution >= 4 is 0 Å². The molecule has 0 amide bonds. The van der Waals surface area contributed by atoms with Crippen LogP contribution in [0.2, 0.25) is 0 Å². The van der Waals surface area contributed by atoms with E-state index in [1.807, 2.05) is 0 Å². The summed E-state index contributed by atoms with van der Waals surface area (Å²) in [5, 5.41) is 36.3. The third-order valence-electron chi connectivity index (χ3n) is 8.46. The smallest absolute Gasteiger partial charge is 0.123 e. The van der Waals surface area contributed by atoms with Gasteiger partial charge in [-0.3, -0.25) is 0 Å². The Morgan fingerprint density at radius 3 is 1.19 bits per heavy atom. The largest absolute Gasteiger partial charge is 0.507 e. The molecule has 3 rings (SSSR count). The van der Waals surface area contributed by atoms with Crippen LogP contribution in [0.15, 0.2) is 30.3 Å². The fourth-order valence-corrected chi connectivity index (χ4v) is 6.37. The first-order valence-electron chi connectivity index (χ1n) is 15.5. The average Bonchev–Trinajstić information content (AvgIpc) is 2.80. The van der Waals surface area contributed by atoms with Crippen LogP contribution in [-0.2, 0) is 28.1 Å². The summed E-state index contributed by atoms with van der Waals surface area (Å²) >= 11 is 0. The molecule has 0 saturated carbocycles. The molecule has 0 fully saturated rings. The van der Waals surface area contributed by atoms with Crippen molar-refractivity contribution in [3.63, 3.8) is 0 Å². The van der Waals surface area contributed by atoms with Gasteiger partial charge in [0, 0.05) is 22.6 Å². The van der Waals surface area contributed by atoms with Crippen LogP contribution in [0.5, 0.6) is 17.2 Å². The van der Waals surface area contributed by atoms with Gasteiger partial charge in [-0.15, -0.1) is 0 Å². The molecule has 0 unspecified atom stereocenters. The van der Waals surface area contributed by atoms with E-state index in [2.05, 4.69) is 134 Å². The van der Waals surface area contributed by atoms with Crippen LogP contribution in [0.1, 0.15) is 152 Å². The number of hydrogen-bond donors (Lipinski definition) is 3. The van der Waals surface area contributed by atoms with Gasteiger partial charge in [-0.05, 0) is 69.7 Å². The quantitative estimate of drug-likeness (QED) is 0.273. The van der Waals surface area contributed by atoms with Gasteiger partial charge >= 0.3 is 0 Å². The fraction of sp³-hybridized carbons (Fsp3) is 0.538. The van der Waals surface area contributed by atoms with E-state index in [1.165, 1.54) is 0 Å². The maximum Gasteiger partial charge on any atom is 0.123 e. The monoisotopic (exact) mass is 572 g/mol. The van der Waals surface area contributed by atoms with Crippen molar-refractivity contribution in [3.05, 3.63) is 86.0 Å². The van der Waals surface area contributed by atoms with Crippen molar-refractivity contribution in [3.8, 4) is 17.2 Å². The van der Waals surface area contributed by atoms with Crippen LogP contribution in [0.3, 0.4) is 0 Å². The lowest BCUT2D eigenvalue weighted by molar-refractivity contribution is 0.415. The molecule has 3 heteroatoms. The first-order chi connectivity index (χ1) is 18.9. The summed E-state index contributed by atoms with van der Waals surface area (Å²) in [5.41, 5.74) is 7.95. The van der Waals surface area contributed by atoms with Crippen LogP contribution in [-0.4, -0.2) is 15.3 Å². The van der Waals surface area contributed by atoms with E-state index in [4.69, 9.17) is 0 Å². The second-order valence-corrected chi connectivity index (χ2v) is 16.5. The molecule has 3 N–H and O–H groups in total. The maximum absolute atomic E-state index is 12.1. The second-order valence-electron chi connectivity index (χ2n) is 16.5. The topological polar surface area (TPSA) is 60.7 Å². The highest BCUT2D eigenvalue weighted by Gasteiger charge is 2.38. The predicted molar refractivity (Wildman–Crippen MR) is 179 cm³/mol. The molecule has 42 heavy (non-hydrogen) atoms. The number of hydrogen-bond acceptors (Lipinski definition) is 3. The third-order valence-corrected chi connectivity index (χ3v) is 8.46. The maximum atomic E-state index is 12.1. The van der Waals surface area contributed by atoms with E-state index >= 15 is 0 Å². The lowest BCUT2D eigenvalue weighted by atomic mass is 9.68. The number of aryl methyl sites for hydroxylation is 3. The Bertz CT molecular complexity index is 1410. The Kier molecular flexibility index (Phi) is 8.76. The first kappa shape index (κ1) is 33.6. The van der Waals surface area contributed by atoms with Gasteiger partial charge in [0.15, 0.2) is 0 Å². The van der Waals surface area contributed by atoms with Gasteiger partial charge < -0.3 is 15.3 Å². The zero-order chi connectivity index (χ0) is 32.3. The lowest BCUT2D eigenvalue weighted by Gasteiger charge is -2.36. The highest BCUT2D eigenvalue weighted by atomic mass is 16.3. The molecule has 0 heterocycles. The Hall–Kier alpha value is -2.94. The summed E-state index contributed by atoms with van der Waals surface area (Å²) < 4.78 is 0. The first-order valence-corrected chi connectivity index (χ1v) is 15.5. The second kappa shape index (κ2) is 11.0. The van der Waals surface area contributed by atoms with E-state index in [0.717, 1.165) is 62.1 Å². The number of rotatable bonds is 4. The minimum Gasteiger partial charge on any atom is -0.507 e. The molecular formula is C39H56O3. The normalized spacial score (nSPS) is 13.2. The standard InChI is InChI=1S/C39H56O3/c1-16-24-21-29(38(10,11)12)35(42)32(39(13,14)15)30(24)31(25-17-22(2)19-27(33(25)40)36(4,5)6)26-18-23(3)20-28(34(26)41)37(7,8)9/h17-21,31,40-42H,16H2,1-15H3. The number of aromatic hydroxyl groups is 3. The minimum atomic E-state index is -0.504. The van der Waals surface area contributed by atoms with Gasteiger partial charge in [0.25, 0.3) is 0 Å². The molecule has 3 nitrogen and oxygen atoms in total. The Morgan fingerprint density at radius 2 is 0.881 bits per heavy atom. The molecule has 3 aromatic carbocycles. The van der Waals surface area contributed by atoms with Gasteiger partial charge in [-0.25, -0.2) is 0 Å². The zero-order valence-corrected chi connectivity index (χ0v) is 29.0. The number of benzene rings is 3. The van der Waals surface area contributed by atoms with Crippen LogP contribution in [0, 0.1) is 13.8 Å². The van der Waals surface area contributed by atoms with E-state index < -0.39 is 11.3 Å². The summed E-state index contributed by atoms with van der Waals surface area (Å²) in [6, 6.07) is 10.4. The summed E-state index contributed by atoms with van der Waals surface area (Å²) in [4.78, 5) is 0. The van der Waals surface area contributed by atoms with Crippen molar-refractivity contribution < 1.29 is 15.3 Å². The molecule has 0 spiro atoms. The number of phenols is 3. The summed E-state index contributed by atoms with van der Waals surface area (Å²) in [7, 11) is 0. The zero-order valence-electron chi connectivity index (χ0n) is 29.0. The summed E-state index contributed by atoms with van der Waals surface area (Å²) in [6.07, 6.45) is 0.746. The third kappa shape index (κ3) is 6.36. The van der Waals surface area contributed by atoms with Gasteiger partial charge in [-0.2, -0.15) is 0 Å². The van der Waals surface area contributed by atoms with Crippen molar-refractivity contribution in [2.45, 2.75) is 138 Å². The van der Waals surface area contributed by atoms with Crippen LogP contribution in [0.4, 0.5) is 0 Å². The van der Waals surface area contributed by atoms with Crippen molar-refractivity contribution in [1.82, 2.24) is 0 Å². The van der Waals surface area contributed by atoms with Gasteiger partial charge in [0.2, 0.25) is 0 Å². The van der Waals surface area contributed by atoms with E-state index in [0.29, 0.717) is 5.75 Å². The fourth-order valence-electron chi connectivity index (χ4n) is 6.37. The van der Waals surface area contributed by atoms with Crippen molar-refractivity contribution in [1.29, 1.82) is 0 Å². The van der Waals surface area contributed by atoms with Gasteiger partial charge in [0.05, 0.1) is 0 Å². The number of phenolic OH excluding ortho intramolecular Hbond substituents is 3. The van der Waals surface area contributed by atoms with E-state index in [9.17, 15) is 15.3 Å². The Labute approximate surface area is 256 Å². The molecule has 0 atom stereocenters. The highest BCUT2D eigenvalue weighted by molar-refractivity contribution is 5.66. The predicted octanol–water partition coefficient (Wildman–Crippen LogP) is 10.4. The molecule has 0 saturated heterocycles. The molecule has 0 aliphatic carbocycles. The molecule has 0 aliphatic heterocycles. The Morgan fingerprint density at radius 1 is 0.524 bits per heavy atom. The molecule has 3 aromatic rings. The van der Waals surface area contributed by atoms with Gasteiger partial charge in [-0.1, -0.05) is 131 Å². The molecule has 0 bridgehead atoms. The van der Waals surface area contributed by atoms with E-state index in [1.54, 1.807) is 0 Å². The Balaban J connectivity index is 2.73. The molecular weight excluding hydrogens is 516 g/mol. The SMILES string of the molecule is CCc1cc(C(C)(C)C)c(O)c(C(C)(C)C)c1C(c1cc(C)cc(C(C)(C)C)c1O)c1cc(C)cc(C(C)(C)C)c1O. The molecule has 0 aromatic heterocycles. The van der Waals surface area contributed by atoms with Gasteiger partial charge in [0.1, 0.15) is 17.2 Å². The summed E-state index contributed by atoms with van der Waals surface area (Å²) in [6.45, 7) is 31.8. The van der Waals surface area contributed by atoms with Crippen LogP contribution >= 0.6 is 0 Å². The van der Waals surface area contributed by atoms with E-state index in [-0.39, 0.29) is 27.7 Å². The molecule has 0 aliphatic rings. The van der Waals surface area contributed by atoms with Crippen molar-refractivity contribution in [2.24, 2.45) is 0 Å². The van der Waals surface area contributed by atoms with Crippen LogP contribution < -0.4 is 0 Å².